The van der Waals surface area contributed by atoms with Crippen LogP contribution < -0.4 is 4.74 Å². The first-order chi connectivity index (χ1) is 15.1. The van der Waals surface area contributed by atoms with E-state index in [1.807, 2.05) is 0 Å². The molecule has 1 heterocycles. The number of aliphatic imine (C=N–C) groups is 1. The summed E-state index contributed by atoms with van der Waals surface area (Å²) in [5.74, 6) is -1.09. The Hall–Kier alpha value is -3.00. The lowest BCUT2D eigenvalue weighted by Crippen LogP contribution is -2.47. The van der Waals surface area contributed by atoms with Gasteiger partial charge in [0.1, 0.15) is 11.6 Å². The number of ether oxygens (including phenoxy) is 1. The lowest BCUT2D eigenvalue weighted by molar-refractivity contribution is -0.232. The highest BCUT2D eigenvalue weighted by molar-refractivity contribution is 5.93. The van der Waals surface area contributed by atoms with Gasteiger partial charge in [0, 0.05) is 34.9 Å². The number of pyridine rings is 1. The minimum atomic E-state index is -4.97. The topological polar surface area (TPSA) is 54.7 Å². The molecule has 32 heavy (non-hydrogen) atoms. The minimum Gasteiger partial charge on any atom is -0.496 e. The predicted octanol–water partition coefficient (Wildman–Crippen LogP) is 6.27. The van der Waals surface area contributed by atoms with Gasteiger partial charge in [0.05, 0.1) is 12.8 Å². The van der Waals surface area contributed by atoms with Crippen LogP contribution in [0.25, 0.3) is 10.8 Å². The van der Waals surface area contributed by atoms with Gasteiger partial charge in [-0.05, 0) is 49.4 Å². The number of benzene rings is 2. The molecule has 0 saturated heterocycles. The van der Waals surface area contributed by atoms with Crippen molar-refractivity contribution in [2.45, 2.75) is 44.4 Å². The molecule has 3 rings (SSSR count). The van der Waals surface area contributed by atoms with Gasteiger partial charge in [0.15, 0.2) is 5.60 Å². The second-order valence-electron chi connectivity index (χ2n) is 7.66. The van der Waals surface area contributed by atoms with Gasteiger partial charge in [-0.3, -0.25) is 9.98 Å². The summed E-state index contributed by atoms with van der Waals surface area (Å²) in [6.07, 6.45) is -1.74. The molecule has 0 fully saturated rings. The molecule has 1 aromatic heterocycles. The Kier molecular flexibility index (Phi) is 6.83. The second-order valence-corrected chi connectivity index (χ2v) is 7.66. The van der Waals surface area contributed by atoms with Gasteiger partial charge in [-0.15, -0.1) is 0 Å². The van der Waals surface area contributed by atoms with Crippen LogP contribution in [-0.2, 0) is 0 Å². The smallest absolute Gasteiger partial charge is 0.422 e. The van der Waals surface area contributed by atoms with Gasteiger partial charge >= 0.3 is 6.18 Å². The van der Waals surface area contributed by atoms with Crippen LogP contribution in [0.3, 0.4) is 0 Å². The van der Waals surface area contributed by atoms with E-state index >= 15 is 0 Å². The van der Waals surface area contributed by atoms with E-state index in [4.69, 9.17) is 4.74 Å². The normalized spacial score (nSPS) is 15.1. The molecular formula is C24H24F4N2O2. The van der Waals surface area contributed by atoms with Gasteiger partial charge in [-0.2, -0.15) is 13.2 Å². The van der Waals surface area contributed by atoms with Crippen molar-refractivity contribution < 1.29 is 27.4 Å². The molecule has 170 valence electrons. The molecule has 1 N–H and O–H groups in total. The minimum absolute atomic E-state index is 0.180. The van der Waals surface area contributed by atoms with Gasteiger partial charge in [0.25, 0.3) is 0 Å². The van der Waals surface area contributed by atoms with E-state index in [9.17, 15) is 22.7 Å². The Labute approximate surface area is 183 Å². The highest BCUT2D eigenvalue weighted by Gasteiger charge is 2.53. The lowest BCUT2D eigenvalue weighted by Gasteiger charge is -2.31. The van der Waals surface area contributed by atoms with Gasteiger partial charge in [-0.25, -0.2) is 4.39 Å². The number of aromatic nitrogens is 1. The summed E-state index contributed by atoms with van der Waals surface area (Å²) in [5, 5.41) is 12.1. The summed E-state index contributed by atoms with van der Waals surface area (Å²) in [5.41, 5.74) is -2.30. The molecular weight excluding hydrogens is 424 g/mol. The van der Waals surface area contributed by atoms with Gasteiger partial charge in [-0.1, -0.05) is 25.1 Å². The number of hydrogen-bond acceptors (Lipinski definition) is 4. The number of aliphatic hydroxyl groups is 1. The van der Waals surface area contributed by atoms with Crippen molar-refractivity contribution in [3.05, 3.63) is 65.7 Å². The lowest BCUT2D eigenvalue weighted by atomic mass is 9.83. The van der Waals surface area contributed by atoms with E-state index in [0.717, 1.165) is 5.39 Å². The van der Waals surface area contributed by atoms with E-state index in [1.54, 1.807) is 37.4 Å². The van der Waals surface area contributed by atoms with E-state index in [-0.39, 0.29) is 23.4 Å². The van der Waals surface area contributed by atoms with Crippen molar-refractivity contribution in [3.63, 3.8) is 0 Å². The molecule has 0 unspecified atom stereocenters. The van der Waals surface area contributed by atoms with Crippen LogP contribution in [0.5, 0.6) is 5.75 Å². The monoisotopic (exact) mass is 448 g/mol. The average Bonchev–Trinajstić information content (AvgIpc) is 2.77. The van der Waals surface area contributed by atoms with Crippen molar-refractivity contribution in [2.24, 2.45) is 4.99 Å². The Bertz CT molecular complexity index is 1130. The standard InChI is InChI=1S/C24H24F4N2O2/c1-4-16(19-8-9-20(25)15(2)22(19)32-3)12-23(31,24(26,27)28)14-30-21-7-5-6-17-13-29-11-10-18(17)21/h5-11,13-14,16,31H,4,12H2,1-3H3/b30-14+/t16-,23-/m1/s1. The van der Waals surface area contributed by atoms with Crippen LogP contribution in [0.4, 0.5) is 23.2 Å². The summed E-state index contributed by atoms with van der Waals surface area (Å²) in [6, 6.07) is 9.24. The highest BCUT2D eigenvalue weighted by atomic mass is 19.4. The maximum Gasteiger partial charge on any atom is 0.422 e. The zero-order valence-corrected chi connectivity index (χ0v) is 17.9. The zero-order chi connectivity index (χ0) is 23.5. The number of methoxy groups -OCH3 is 1. The number of nitrogens with zero attached hydrogens (tertiary/aromatic N) is 2. The summed E-state index contributed by atoms with van der Waals surface area (Å²) >= 11 is 0. The SMILES string of the molecule is CC[C@H](C[C@@](O)(/C=N/c1cccc2cnccc12)C(F)(F)F)c1ccc(F)c(C)c1OC. The molecule has 4 nitrogen and oxygen atoms in total. The van der Waals surface area contributed by atoms with Crippen LogP contribution in [0.2, 0.25) is 0 Å². The first kappa shape index (κ1) is 23.7. The van der Waals surface area contributed by atoms with Crippen LogP contribution >= 0.6 is 0 Å². The summed E-state index contributed by atoms with van der Waals surface area (Å²) < 4.78 is 61.3. The molecule has 0 bridgehead atoms. The van der Waals surface area contributed by atoms with Crippen molar-refractivity contribution >= 4 is 22.7 Å². The predicted molar refractivity (Wildman–Crippen MR) is 116 cm³/mol. The summed E-state index contributed by atoms with van der Waals surface area (Å²) in [7, 11) is 1.34. The third kappa shape index (κ3) is 4.60. The Morgan fingerprint density at radius 2 is 1.94 bits per heavy atom. The number of fused-ring (bicyclic) bond motifs is 1. The van der Waals surface area contributed by atoms with Crippen molar-refractivity contribution in [1.29, 1.82) is 0 Å². The summed E-state index contributed by atoms with van der Waals surface area (Å²) in [4.78, 5) is 8.01. The fraction of sp³-hybridized carbons (Fsp3) is 0.333. The molecule has 0 spiro atoms. The molecule has 0 aliphatic rings. The molecule has 0 aliphatic heterocycles. The number of rotatable bonds is 7. The van der Waals surface area contributed by atoms with E-state index < -0.39 is 29.9 Å². The molecule has 3 aromatic rings. The van der Waals surface area contributed by atoms with Crippen LogP contribution in [0.15, 0.2) is 53.8 Å². The quantitative estimate of drug-likeness (QED) is 0.342. The fourth-order valence-corrected chi connectivity index (χ4v) is 3.77. The maximum atomic E-state index is 14.0. The van der Waals surface area contributed by atoms with E-state index in [2.05, 4.69) is 9.98 Å². The Morgan fingerprint density at radius 3 is 2.59 bits per heavy atom. The number of halogens is 4. The first-order valence-electron chi connectivity index (χ1n) is 10.1. The fourth-order valence-electron chi connectivity index (χ4n) is 3.77. The first-order valence-corrected chi connectivity index (χ1v) is 10.1. The molecule has 2 aromatic carbocycles. The molecule has 2 atom stereocenters. The van der Waals surface area contributed by atoms with Crippen LogP contribution in [0.1, 0.15) is 36.8 Å². The average molecular weight is 448 g/mol. The van der Waals surface area contributed by atoms with Crippen molar-refractivity contribution in [2.75, 3.05) is 7.11 Å². The number of hydrogen-bond donors (Lipinski definition) is 1. The summed E-state index contributed by atoms with van der Waals surface area (Å²) in [6.45, 7) is 3.20. The third-order valence-electron chi connectivity index (χ3n) is 5.63. The third-order valence-corrected chi connectivity index (χ3v) is 5.63. The van der Waals surface area contributed by atoms with Crippen LogP contribution in [-0.4, -0.2) is 35.2 Å². The van der Waals surface area contributed by atoms with Gasteiger partial charge in [0.2, 0.25) is 0 Å². The largest absolute Gasteiger partial charge is 0.496 e. The van der Waals surface area contributed by atoms with Crippen LogP contribution in [0, 0.1) is 12.7 Å². The molecule has 8 heteroatoms. The maximum absolute atomic E-state index is 14.0. The highest BCUT2D eigenvalue weighted by Crippen LogP contribution is 2.42. The van der Waals surface area contributed by atoms with E-state index in [1.165, 1.54) is 32.4 Å². The van der Waals surface area contributed by atoms with E-state index in [0.29, 0.717) is 17.2 Å². The Morgan fingerprint density at radius 1 is 1.19 bits per heavy atom. The zero-order valence-electron chi connectivity index (χ0n) is 17.9. The molecule has 0 radical (unpaired) electrons. The molecule has 0 amide bonds. The second kappa shape index (κ2) is 9.24. The molecule has 0 saturated carbocycles. The number of alkyl halides is 3. The van der Waals surface area contributed by atoms with Crippen molar-refractivity contribution in [1.82, 2.24) is 4.98 Å². The molecule has 0 aliphatic carbocycles. The van der Waals surface area contributed by atoms with Gasteiger partial charge < -0.3 is 9.84 Å². The Balaban J connectivity index is 2.02. The van der Waals surface area contributed by atoms with Crippen molar-refractivity contribution in [3.8, 4) is 5.75 Å².